The van der Waals surface area contributed by atoms with Crippen molar-refractivity contribution in [3.05, 3.63) is 29.8 Å². The van der Waals surface area contributed by atoms with Crippen LogP contribution < -0.4 is 10.6 Å². The van der Waals surface area contributed by atoms with Gasteiger partial charge in [0.1, 0.15) is 0 Å². The van der Waals surface area contributed by atoms with Crippen molar-refractivity contribution >= 4 is 11.6 Å². The number of hydrogen-bond donors (Lipinski definition) is 2. The maximum atomic E-state index is 12.0. The highest BCUT2D eigenvalue weighted by Crippen LogP contribution is 2.08. The highest BCUT2D eigenvalue weighted by atomic mass is 16.5. The van der Waals surface area contributed by atoms with E-state index in [1.54, 1.807) is 0 Å². The Labute approximate surface area is 115 Å². The van der Waals surface area contributed by atoms with E-state index < -0.39 is 0 Å². The van der Waals surface area contributed by atoms with Crippen LogP contribution in [0.2, 0.25) is 0 Å². The maximum absolute atomic E-state index is 12.0. The molecule has 106 valence electrons. The molecule has 4 heteroatoms. The van der Waals surface area contributed by atoms with Crippen molar-refractivity contribution in [2.45, 2.75) is 39.8 Å². The van der Waals surface area contributed by atoms with Gasteiger partial charge in [0.2, 0.25) is 5.91 Å². The summed E-state index contributed by atoms with van der Waals surface area (Å²) in [5.41, 5.74) is 2.00. The number of nitrogens with one attached hydrogen (secondary N) is 2. The van der Waals surface area contributed by atoms with E-state index in [4.69, 9.17) is 4.74 Å². The lowest BCUT2D eigenvalue weighted by Gasteiger charge is -2.19. The minimum absolute atomic E-state index is 0.0350. The van der Waals surface area contributed by atoms with Crippen molar-refractivity contribution in [2.24, 2.45) is 0 Å². The molecule has 1 aromatic rings. The van der Waals surface area contributed by atoms with Crippen LogP contribution in [-0.4, -0.2) is 31.2 Å². The molecule has 1 rings (SSSR count). The molecule has 0 aliphatic rings. The standard InChI is InChI=1S/C15H24N2O2/c1-5-19-10-12(3)16-13(4)15(18)17-14-8-6-11(2)7-9-14/h6-9,12-13,16H,5,10H2,1-4H3,(H,17,18). The Morgan fingerprint density at radius 2 is 1.89 bits per heavy atom. The molecule has 0 spiro atoms. The first-order valence-corrected chi connectivity index (χ1v) is 6.74. The third-order valence-electron chi connectivity index (χ3n) is 2.82. The molecule has 2 unspecified atom stereocenters. The van der Waals surface area contributed by atoms with Gasteiger partial charge in [-0.05, 0) is 39.8 Å². The number of rotatable bonds is 7. The first kappa shape index (κ1) is 15.7. The number of ether oxygens (including phenoxy) is 1. The van der Waals surface area contributed by atoms with Crippen molar-refractivity contribution in [3.63, 3.8) is 0 Å². The molecule has 1 aromatic carbocycles. The third-order valence-corrected chi connectivity index (χ3v) is 2.82. The fourth-order valence-electron chi connectivity index (χ4n) is 1.73. The lowest BCUT2D eigenvalue weighted by molar-refractivity contribution is -0.118. The molecular weight excluding hydrogens is 240 g/mol. The van der Waals surface area contributed by atoms with E-state index in [0.29, 0.717) is 13.2 Å². The summed E-state index contributed by atoms with van der Waals surface area (Å²) in [6.07, 6.45) is 0. The van der Waals surface area contributed by atoms with Crippen LogP contribution in [0.1, 0.15) is 26.3 Å². The molecule has 0 bridgehead atoms. The molecule has 0 aromatic heterocycles. The molecule has 2 atom stereocenters. The average molecular weight is 264 g/mol. The Hall–Kier alpha value is -1.39. The maximum Gasteiger partial charge on any atom is 0.241 e. The largest absolute Gasteiger partial charge is 0.380 e. The van der Waals surface area contributed by atoms with Crippen molar-refractivity contribution in [1.82, 2.24) is 5.32 Å². The van der Waals surface area contributed by atoms with E-state index >= 15 is 0 Å². The zero-order valence-electron chi connectivity index (χ0n) is 12.2. The summed E-state index contributed by atoms with van der Waals surface area (Å²) in [6, 6.07) is 7.67. The topological polar surface area (TPSA) is 50.4 Å². The van der Waals surface area contributed by atoms with Crippen molar-refractivity contribution in [2.75, 3.05) is 18.5 Å². The van der Waals surface area contributed by atoms with Crippen LogP contribution >= 0.6 is 0 Å². The minimum Gasteiger partial charge on any atom is -0.380 e. The van der Waals surface area contributed by atoms with Crippen LogP contribution in [0.4, 0.5) is 5.69 Å². The summed E-state index contributed by atoms with van der Waals surface area (Å²) in [7, 11) is 0. The van der Waals surface area contributed by atoms with Gasteiger partial charge in [0.15, 0.2) is 0 Å². The van der Waals surface area contributed by atoms with Crippen LogP contribution in [0.3, 0.4) is 0 Å². The second-order valence-electron chi connectivity index (χ2n) is 4.80. The Balaban J connectivity index is 2.42. The molecule has 0 aliphatic heterocycles. The zero-order valence-corrected chi connectivity index (χ0v) is 12.2. The molecule has 0 heterocycles. The summed E-state index contributed by atoms with van der Waals surface area (Å²) >= 11 is 0. The monoisotopic (exact) mass is 264 g/mol. The van der Waals surface area contributed by atoms with Crippen molar-refractivity contribution < 1.29 is 9.53 Å². The lowest BCUT2D eigenvalue weighted by Crippen LogP contribution is -2.44. The number of benzene rings is 1. The van der Waals surface area contributed by atoms with Crippen LogP contribution in [0.15, 0.2) is 24.3 Å². The molecule has 1 amide bonds. The van der Waals surface area contributed by atoms with E-state index in [-0.39, 0.29) is 18.0 Å². The Bertz CT molecular complexity index is 390. The number of amides is 1. The summed E-state index contributed by atoms with van der Waals surface area (Å²) in [5.74, 6) is -0.0350. The molecule has 4 nitrogen and oxygen atoms in total. The molecule has 2 N–H and O–H groups in total. The summed E-state index contributed by atoms with van der Waals surface area (Å²) in [4.78, 5) is 12.0. The van der Waals surface area contributed by atoms with Crippen molar-refractivity contribution in [3.8, 4) is 0 Å². The van der Waals surface area contributed by atoms with Crippen LogP contribution in [0.25, 0.3) is 0 Å². The minimum atomic E-state index is -0.253. The Morgan fingerprint density at radius 3 is 2.47 bits per heavy atom. The van der Waals surface area contributed by atoms with Crippen molar-refractivity contribution in [1.29, 1.82) is 0 Å². The fraction of sp³-hybridized carbons (Fsp3) is 0.533. The second-order valence-corrected chi connectivity index (χ2v) is 4.80. The molecule has 19 heavy (non-hydrogen) atoms. The molecule has 0 saturated heterocycles. The number of hydrogen-bond acceptors (Lipinski definition) is 3. The van der Waals surface area contributed by atoms with Gasteiger partial charge in [-0.2, -0.15) is 0 Å². The third kappa shape index (κ3) is 5.85. The predicted molar refractivity (Wildman–Crippen MR) is 78.4 cm³/mol. The summed E-state index contributed by atoms with van der Waals surface area (Å²) in [5, 5.41) is 6.10. The highest BCUT2D eigenvalue weighted by Gasteiger charge is 2.15. The predicted octanol–water partition coefficient (Wildman–Crippen LogP) is 2.34. The quantitative estimate of drug-likeness (QED) is 0.794. The molecule has 0 fully saturated rings. The van der Waals surface area contributed by atoms with Gasteiger partial charge in [-0.15, -0.1) is 0 Å². The van der Waals surface area contributed by atoms with Crippen LogP contribution in [0.5, 0.6) is 0 Å². The number of carbonyl (C=O) groups excluding carboxylic acids is 1. The van der Waals surface area contributed by atoms with E-state index in [1.807, 2.05) is 52.0 Å². The normalized spacial score (nSPS) is 13.9. The smallest absolute Gasteiger partial charge is 0.241 e. The first-order valence-electron chi connectivity index (χ1n) is 6.74. The molecule has 0 radical (unpaired) electrons. The fourth-order valence-corrected chi connectivity index (χ4v) is 1.73. The molecule has 0 aliphatic carbocycles. The van der Waals surface area contributed by atoms with Gasteiger partial charge < -0.3 is 15.4 Å². The van der Waals surface area contributed by atoms with Gasteiger partial charge in [0, 0.05) is 18.3 Å². The van der Waals surface area contributed by atoms with Gasteiger partial charge >= 0.3 is 0 Å². The zero-order chi connectivity index (χ0) is 14.3. The Morgan fingerprint density at radius 1 is 1.26 bits per heavy atom. The van der Waals surface area contributed by atoms with Gasteiger partial charge in [-0.3, -0.25) is 4.79 Å². The highest BCUT2D eigenvalue weighted by molar-refractivity contribution is 5.94. The number of anilines is 1. The lowest BCUT2D eigenvalue weighted by atomic mass is 10.2. The van der Waals surface area contributed by atoms with Gasteiger partial charge in [0.25, 0.3) is 0 Å². The molecular formula is C15H24N2O2. The number of carbonyl (C=O) groups is 1. The van der Waals surface area contributed by atoms with E-state index in [9.17, 15) is 4.79 Å². The SMILES string of the molecule is CCOCC(C)NC(C)C(=O)Nc1ccc(C)cc1. The van der Waals surface area contributed by atoms with Gasteiger partial charge in [0.05, 0.1) is 12.6 Å². The average Bonchev–Trinajstić information content (AvgIpc) is 2.39. The second kappa shape index (κ2) is 7.92. The van der Waals surface area contributed by atoms with Crippen LogP contribution in [0, 0.1) is 6.92 Å². The summed E-state index contributed by atoms with van der Waals surface area (Å²) in [6.45, 7) is 9.14. The summed E-state index contributed by atoms with van der Waals surface area (Å²) < 4.78 is 5.31. The first-order chi connectivity index (χ1) is 9.02. The van der Waals surface area contributed by atoms with Gasteiger partial charge in [-0.25, -0.2) is 0 Å². The van der Waals surface area contributed by atoms with E-state index in [0.717, 1.165) is 5.69 Å². The number of aryl methyl sites for hydroxylation is 1. The van der Waals surface area contributed by atoms with E-state index in [2.05, 4.69) is 10.6 Å². The van der Waals surface area contributed by atoms with Gasteiger partial charge in [-0.1, -0.05) is 17.7 Å². The van der Waals surface area contributed by atoms with E-state index in [1.165, 1.54) is 5.56 Å². The van der Waals surface area contributed by atoms with Crippen LogP contribution in [-0.2, 0) is 9.53 Å². The molecule has 0 saturated carbocycles. The Kier molecular flexibility index (Phi) is 6.53.